The van der Waals surface area contributed by atoms with Crippen LogP contribution in [0.25, 0.3) is 21.4 Å². The van der Waals surface area contributed by atoms with E-state index >= 15 is 0 Å². The minimum atomic E-state index is -0.605. The number of hydrogen-bond donors (Lipinski definition) is 0. The van der Waals surface area contributed by atoms with Crippen molar-refractivity contribution in [2.24, 2.45) is 0 Å². The summed E-state index contributed by atoms with van der Waals surface area (Å²) < 4.78 is 20.3. The molecule has 0 fully saturated rings. The molecule has 8 nitrogen and oxygen atoms in total. The predicted molar refractivity (Wildman–Crippen MR) is 77.9 cm³/mol. The molecule has 0 aromatic rings. The standard InChI is InChI=1S/C12H24N4O4/c1-3-17-10-14-5-8-20-12(16-11-18-4-2)15-6-7-19-9-13/h9,12H,3-8,10-11H2,1-2H3/q-4. The molecule has 0 heterocycles. The average molecular weight is 288 g/mol. The van der Waals surface area contributed by atoms with Gasteiger partial charge < -0.3 is 40.3 Å². The number of nitrogens with zero attached hydrogens (tertiary/aromatic N) is 4. The van der Waals surface area contributed by atoms with Crippen molar-refractivity contribution >= 4 is 6.40 Å². The number of ether oxygens (including phenoxy) is 4. The topological polar surface area (TPSA) is 102 Å². The van der Waals surface area contributed by atoms with E-state index in [1.54, 1.807) is 0 Å². The summed E-state index contributed by atoms with van der Waals surface area (Å²) in [6.45, 7) is 7.21. The molecule has 0 amide bonds. The van der Waals surface area contributed by atoms with Crippen LogP contribution in [0.3, 0.4) is 0 Å². The molecule has 1 atom stereocenters. The second-order valence-corrected chi connectivity index (χ2v) is 3.45. The van der Waals surface area contributed by atoms with Gasteiger partial charge in [0.1, 0.15) is 0 Å². The lowest BCUT2D eigenvalue weighted by atomic mass is 10.6. The first-order valence-electron chi connectivity index (χ1n) is 6.66. The molecule has 20 heavy (non-hydrogen) atoms. The van der Waals surface area contributed by atoms with Crippen molar-refractivity contribution in [1.29, 1.82) is 0 Å². The Morgan fingerprint density at radius 2 is 1.75 bits per heavy atom. The summed E-state index contributed by atoms with van der Waals surface area (Å²) in [5.74, 6) is 0. The summed E-state index contributed by atoms with van der Waals surface area (Å²) >= 11 is 0. The van der Waals surface area contributed by atoms with Crippen molar-refractivity contribution in [2.45, 2.75) is 20.2 Å². The minimum Gasteiger partial charge on any atom is -0.778 e. The second kappa shape index (κ2) is 16.3. The Morgan fingerprint density at radius 3 is 2.45 bits per heavy atom. The zero-order chi connectivity index (χ0) is 14.9. The Morgan fingerprint density at radius 1 is 1.00 bits per heavy atom. The van der Waals surface area contributed by atoms with Crippen LogP contribution in [0.1, 0.15) is 13.8 Å². The van der Waals surface area contributed by atoms with Crippen LogP contribution in [-0.4, -0.2) is 65.7 Å². The maximum Gasteiger partial charge on any atom is 0.0658 e. The van der Waals surface area contributed by atoms with Gasteiger partial charge in [-0.3, -0.25) is 0 Å². The molecule has 0 rings (SSSR count). The molecule has 1 unspecified atom stereocenters. The maximum atomic E-state index is 8.36. The zero-order valence-corrected chi connectivity index (χ0v) is 12.2. The lowest BCUT2D eigenvalue weighted by Gasteiger charge is -2.44. The molecule has 0 saturated carbocycles. The molecule has 0 aromatic heterocycles. The molecule has 0 aliphatic rings. The van der Waals surface area contributed by atoms with Gasteiger partial charge in [0, 0.05) is 19.8 Å². The van der Waals surface area contributed by atoms with E-state index in [0.717, 1.165) is 0 Å². The van der Waals surface area contributed by atoms with Crippen molar-refractivity contribution in [3.8, 4) is 0 Å². The highest BCUT2D eigenvalue weighted by molar-refractivity contribution is 5.49. The number of hydrogen-bond acceptors (Lipinski definition) is 4. The Kier molecular flexibility index (Phi) is 15.7. The molecule has 0 aliphatic heterocycles. The van der Waals surface area contributed by atoms with Gasteiger partial charge in [0.25, 0.3) is 0 Å². The Balaban J connectivity index is 3.65. The van der Waals surface area contributed by atoms with Gasteiger partial charge >= 0.3 is 0 Å². The Labute approximate surface area is 121 Å². The quantitative estimate of drug-likeness (QED) is 0.246. The first-order chi connectivity index (χ1) is 9.85. The third-order valence-electron chi connectivity index (χ3n) is 2.00. The van der Waals surface area contributed by atoms with Crippen LogP contribution in [0, 0.1) is 0 Å². The van der Waals surface area contributed by atoms with E-state index in [1.807, 2.05) is 13.8 Å². The summed E-state index contributed by atoms with van der Waals surface area (Å²) in [6, 6.07) is 0. The van der Waals surface area contributed by atoms with E-state index in [-0.39, 0.29) is 13.3 Å². The molecule has 0 aromatic carbocycles. The largest absolute Gasteiger partial charge is 0.778 e. The van der Waals surface area contributed by atoms with Gasteiger partial charge in [-0.15, -0.1) is 19.4 Å². The van der Waals surface area contributed by atoms with Crippen LogP contribution in [0.2, 0.25) is 0 Å². The second-order valence-electron chi connectivity index (χ2n) is 3.45. The van der Waals surface area contributed by atoms with Crippen LogP contribution in [0.4, 0.5) is 0 Å². The van der Waals surface area contributed by atoms with E-state index in [0.29, 0.717) is 46.0 Å². The Hall–Kier alpha value is -0.770. The van der Waals surface area contributed by atoms with Gasteiger partial charge in [0.05, 0.1) is 6.61 Å². The van der Waals surface area contributed by atoms with Crippen molar-refractivity contribution in [3.63, 3.8) is 0 Å². The molecule has 0 radical (unpaired) electrons. The molecular weight excluding hydrogens is 264 g/mol. The predicted octanol–water partition coefficient (Wildman–Crippen LogP) is 2.01. The molecule has 120 valence electrons. The van der Waals surface area contributed by atoms with Crippen molar-refractivity contribution in [3.05, 3.63) is 21.4 Å². The van der Waals surface area contributed by atoms with E-state index in [4.69, 9.17) is 19.6 Å². The molecule has 0 bridgehead atoms. The van der Waals surface area contributed by atoms with Gasteiger partial charge in [-0.25, -0.2) is 0 Å². The zero-order valence-electron chi connectivity index (χ0n) is 12.2. The van der Waals surface area contributed by atoms with Crippen LogP contribution in [0.15, 0.2) is 0 Å². The highest BCUT2D eigenvalue weighted by Crippen LogP contribution is 2.10. The maximum absolute atomic E-state index is 8.36. The normalized spacial score (nSPS) is 12.3. The third-order valence-corrected chi connectivity index (χ3v) is 2.00. The fourth-order valence-corrected chi connectivity index (χ4v) is 1.08. The minimum absolute atomic E-state index is 0.230. The smallest absolute Gasteiger partial charge is 0.0658 e. The first-order valence-corrected chi connectivity index (χ1v) is 6.66. The van der Waals surface area contributed by atoms with E-state index < -0.39 is 6.35 Å². The third kappa shape index (κ3) is 13.7. The average Bonchev–Trinajstić information content (AvgIpc) is 2.46. The molecule has 0 saturated heterocycles. The summed E-state index contributed by atoms with van der Waals surface area (Å²) in [5, 5.41) is 20.8. The summed E-state index contributed by atoms with van der Waals surface area (Å²) in [5.41, 5.74) is 0. The monoisotopic (exact) mass is 288 g/mol. The SMILES string of the molecule is CCOC[N-]CCOC([N-]CCOC=[N-])[N-]COCC. The summed E-state index contributed by atoms with van der Waals surface area (Å²) in [6.07, 6.45) is 0.0288. The molecule has 0 spiro atoms. The van der Waals surface area contributed by atoms with Crippen LogP contribution >= 0.6 is 0 Å². The fraction of sp³-hybridized carbons (Fsp3) is 0.917. The highest BCUT2D eigenvalue weighted by Gasteiger charge is 1.85. The van der Waals surface area contributed by atoms with Crippen molar-refractivity contribution < 1.29 is 18.9 Å². The van der Waals surface area contributed by atoms with Crippen LogP contribution in [-0.2, 0) is 18.9 Å². The van der Waals surface area contributed by atoms with Gasteiger partial charge in [-0.05, 0) is 33.7 Å². The first kappa shape index (κ1) is 19.2. The van der Waals surface area contributed by atoms with E-state index in [9.17, 15) is 0 Å². The van der Waals surface area contributed by atoms with E-state index in [2.05, 4.69) is 20.7 Å². The van der Waals surface area contributed by atoms with Crippen LogP contribution in [0.5, 0.6) is 0 Å². The van der Waals surface area contributed by atoms with Gasteiger partial charge in [-0.2, -0.15) is 0 Å². The molecular formula is C12H24N4O4-4. The molecule has 0 N–H and O–H groups in total. The highest BCUT2D eigenvalue weighted by atomic mass is 16.5. The summed E-state index contributed by atoms with van der Waals surface area (Å²) in [4.78, 5) is 0. The van der Waals surface area contributed by atoms with Gasteiger partial charge in [0.2, 0.25) is 0 Å². The molecule has 0 aliphatic carbocycles. The number of rotatable bonds is 16. The summed E-state index contributed by atoms with van der Waals surface area (Å²) in [7, 11) is 0. The lowest BCUT2D eigenvalue weighted by Crippen LogP contribution is -2.17. The van der Waals surface area contributed by atoms with Crippen molar-refractivity contribution in [2.75, 3.05) is 53.0 Å². The Bertz CT molecular complexity index is 210. The lowest BCUT2D eigenvalue weighted by molar-refractivity contribution is 0.0843. The van der Waals surface area contributed by atoms with Crippen LogP contribution < -0.4 is 0 Å². The van der Waals surface area contributed by atoms with E-state index in [1.165, 1.54) is 0 Å². The fourth-order valence-electron chi connectivity index (χ4n) is 1.08. The molecule has 8 heteroatoms. The van der Waals surface area contributed by atoms with Crippen molar-refractivity contribution in [1.82, 2.24) is 0 Å². The van der Waals surface area contributed by atoms with Gasteiger partial charge in [0.15, 0.2) is 0 Å². The van der Waals surface area contributed by atoms with Gasteiger partial charge in [-0.1, -0.05) is 0 Å².